The minimum Gasteiger partial charge on any atom is -1.00 e. The SMILES string of the molecule is CCN(CC)CCC(C)OC(=O)c1ccc(O)cc1O.[Cl-]. The van der Waals surface area contributed by atoms with Crippen molar-refractivity contribution in [2.24, 2.45) is 0 Å². The molecule has 0 saturated heterocycles. The van der Waals surface area contributed by atoms with E-state index in [0.29, 0.717) is 0 Å². The summed E-state index contributed by atoms with van der Waals surface area (Å²) >= 11 is 0. The Labute approximate surface area is 131 Å². The number of rotatable bonds is 7. The first kappa shape index (κ1) is 19.5. The molecule has 1 aromatic carbocycles. The van der Waals surface area contributed by atoms with Gasteiger partial charge in [-0.05, 0) is 38.6 Å². The van der Waals surface area contributed by atoms with Gasteiger partial charge in [0.2, 0.25) is 0 Å². The van der Waals surface area contributed by atoms with Crippen molar-refractivity contribution < 1.29 is 32.2 Å². The molecular formula is C15H23ClNO4-. The number of ether oxygens (including phenoxy) is 1. The van der Waals surface area contributed by atoms with E-state index in [0.717, 1.165) is 32.1 Å². The van der Waals surface area contributed by atoms with Crippen molar-refractivity contribution in [3.8, 4) is 11.5 Å². The Bertz CT molecular complexity index is 449. The molecule has 0 aliphatic carbocycles. The van der Waals surface area contributed by atoms with Gasteiger partial charge in [0.05, 0.1) is 0 Å². The molecule has 0 radical (unpaired) electrons. The molecule has 21 heavy (non-hydrogen) atoms. The summed E-state index contributed by atoms with van der Waals surface area (Å²) in [7, 11) is 0. The zero-order valence-corrected chi connectivity index (χ0v) is 13.4. The summed E-state index contributed by atoms with van der Waals surface area (Å²) in [6.45, 7) is 8.82. The van der Waals surface area contributed by atoms with E-state index >= 15 is 0 Å². The van der Waals surface area contributed by atoms with Crippen LogP contribution >= 0.6 is 0 Å². The molecule has 0 aromatic heterocycles. The number of phenolic OH excluding ortho intramolecular Hbond substituents is 2. The van der Waals surface area contributed by atoms with Crippen molar-refractivity contribution in [2.75, 3.05) is 19.6 Å². The summed E-state index contributed by atoms with van der Waals surface area (Å²) in [5.41, 5.74) is 0.0671. The zero-order valence-electron chi connectivity index (χ0n) is 12.7. The number of carbonyl (C=O) groups is 1. The molecule has 120 valence electrons. The van der Waals surface area contributed by atoms with Gasteiger partial charge in [-0.25, -0.2) is 4.79 Å². The summed E-state index contributed by atoms with van der Waals surface area (Å²) in [6.07, 6.45) is 0.517. The van der Waals surface area contributed by atoms with Crippen LogP contribution in [0.1, 0.15) is 37.6 Å². The molecule has 6 heteroatoms. The summed E-state index contributed by atoms with van der Waals surface area (Å²) < 4.78 is 5.29. The van der Waals surface area contributed by atoms with E-state index in [1.807, 2.05) is 6.92 Å². The molecule has 0 fully saturated rings. The van der Waals surface area contributed by atoms with Gasteiger partial charge in [-0.15, -0.1) is 0 Å². The van der Waals surface area contributed by atoms with Crippen LogP contribution in [0.4, 0.5) is 0 Å². The van der Waals surface area contributed by atoms with Crippen LogP contribution in [-0.2, 0) is 4.74 Å². The van der Waals surface area contributed by atoms with E-state index in [2.05, 4.69) is 18.7 Å². The van der Waals surface area contributed by atoms with Crippen molar-refractivity contribution >= 4 is 5.97 Å². The van der Waals surface area contributed by atoms with Crippen molar-refractivity contribution in [3.05, 3.63) is 23.8 Å². The fourth-order valence-electron chi connectivity index (χ4n) is 1.90. The minimum atomic E-state index is -0.574. The van der Waals surface area contributed by atoms with Crippen molar-refractivity contribution in [3.63, 3.8) is 0 Å². The number of aromatic hydroxyl groups is 2. The van der Waals surface area contributed by atoms with Gasteiger partial charge in [-0.2, -0.15) is 0 Å². The second-order valence-corrected chi connectivity index (χ2v) is 4.73. The molecule has 1 atom stereocenters. The Morgan fingerprint density at radius 3 is 2.43 bits per heavy atom. The van der Waals surface area contributed by atoms with Gasteiger partial charge in [0, 0.05) is 12.6 Å². The molecule has 1 rings (SSSR count). The molecule has 2 N–H and O–H groups in total. The van der Waals surface area contributed by atoms with Gasteiger partial charge in [-0.1, -0.05) is 13.8 Å². The first-order valence-corrected chi connectivity index (χ1v) is 6.93. The number of nitrogens with zero attached hydrogens (tertiary/aromatic N) is 1. The molecule has 5 nitrogen and oxygen atoms in total. The maximum Gasteiger partial charge on any atom is 0.342 e. The molecule has 0 aliphatic heterocycles. The predicted molar refractivity (Wildman–Crippen MR) is 77.1 cm³/mol. The summed E-state index contributed by atoms with van der Waals surface area (Å²) in [4.78, 5) is 14.1. The third-order valence-corrected chi connectivity index (χ3v) is 3.26. The lowest BCUT2D eigenvalue weighted by molar-refractivity contribution is -0.0000419. The second-order valence-electron chi connectivity index (χ2n) is 4.73. The maximum absolute atomic E-state index is 11.9. The predicted octanol–water partition coefficient (Wildman–Crippen LogP) is -0.621. The number of benzene rings is 1. The van der Waals surface area contributed by atoms with E-state index in [1.54, 1.807) is 0 Å². The second kappa shape index (κ2) is 9.47. The summed E-state index contributed by atoms with van der Waals surface area (Å²) in [6, 6.07) is 3.82. The lowest BCUT2D eigenvalue weighted by Crippen LogP contribution is -3.00. The first-order valence-electron chi connectivity index (χ1n) is 6.93. The van der Waals surface area contributed by atoms with Gasteiger partial charge in [0.1, 0.15) is 23.2 Å². The average molecular weight is 317 g/mol. The van der Waals surface area contributed by atoms with E-state index in [4.69, 9.17) is 4.74 Å². The highest BCUT2D eigenvalue weighted by molar-refractivity contribution is 5.92. The standard InChI is InChI=1S/C15H23NO4.ClH/c1-4-16(5-2)9-8-11(3)20-15(19)13-7-6-12(17)10-14(13)18;/h6-7,10-11,17-18H,4-5,8-9H2,1-3H3;1H/p-1. The highest BCUT2D eigenvalue weighted by Gasteiger charge is 2.16. The van der Waals surface area contributed by atoms with Crippen LogP contribution in [0, 0.1) is 0 Å². The Kier molecular flexibility index (Phi) is 8.81. The molecular weight excluding hydrogens is 294 g/mol. The molecule has 1 aromatic rings. The molecule has 0 aliphatic rings. The lowest BCUT2D eigenvalue weighted by atomic mass is 10.2. The number of halogens is 1. The van der Waals surface area contributed by atoms with Gasteiger partial charge >= 0.3 is 5.97 Å². The maximum atomic E-state index is 11.9. The largest absolute Gasteiger partial charge is 1.00 e. The van der Waals surface area contributed by atoms with Crippen molar-refractivity contribution in [2.45, 2.75) is 33.3 Å². The number of hydrogen-bond donors (Lipinski definition) is 2. The first-order chi connectivity index (χ1) is 9.47. The highest BCUT2D eigenvalue weighted by atomic mass is 35.5. The molecule has 0 heterocycles. The van der Waals surface area contributed by atoms with Crippen LogP contribution in [0.2, 0.25) is 0 Å². The molecule has 0 amide bonds. The Hall–Kier alpha value is -1.46. The van der Waals surface area contributed by atoms with Crippen LogP contribution in [0.5, 0.6) is 11.5 Å². The number of hydrogen-bond acceptors (Lipinski definition) is 5. The van der Waals surface area contributed by atoms with Gasteiger partial charge < -0.3 is 32.3 Å². The van der Waals surface area contributed by atoms with E-state index < -0.39 is 5.97 Å². The highest BCUT2D eigenvalue weighted by Crippen LogP contribution is 2.23. The Morgan fingerprint density at radius 2 is 1.90 bits per heavy atom. The minimum absolute atomic E-state index is 0. The smallest absolute Gasteiger partial charge is 0.342 e. The van der Waals surface area contributed by atoms with E-state index in [9.17, 15) is 15.0 Å². The Morgan fingerprint density at radius 1 is 1.29 bits per heavy atom. The average Bonchev–Trinajstić information content (AvgIpc) is 2.39. The molecule has 0 spiro atoms. The van der Waals surface area contributed by atoms with E-state index in [-0.39, 0.29) is 35.6 Å². The van der Waals surface area contributed by atoms with Crippen LogP contribution in [-0.4, -0.2) is 46.8 Å². The van der Waals surface area contributed by atoms with Crippen LogP contribution in [0.15, 0.2) is 18.2 Å². The molecule has 1 unspecified atom stereocenters. The number of carbonyl (C=O) groups excluding carboxylic acids is 1. The number of phenols is 2. The van der Waals surface area contributed by atoms with E-state index in [1.165, 1.54) is 12.1 Å². The fraction of sp³-hybridized carbons (Fsp3) is 0.533. The van der Waals surface area contributed by atoms with Crippen LogP contribution in [0.3, 0.4) is 0 Å². The summed E-state index contributed by atoms with van der Waals surface area (Å²) in [5, 5.41) is 18.8. The topological polar surface area (TPSA) is 70.0 Å². The van der Waals surface area contributed by atoms with Crippen molar-refractivity contribution in [1.82, 2.24) is 4.90 Å². The van der Waals surface area contributed by atoms with Crippen LogP contribution in [0.25, 0.3) is 0 Å². The van der Waals surface area contributed by atoms with Gasteiger partial charge in [0.15, 0.2) is 0 Å². The van der Waals surface area contributed by atoms with Crippen LogP contribution < -0.4 is 12.4 Å². The van der Waals surface area contributed by atoms with Gasteiger partial charge in [0.25, 0.3) is 0 Å². The zero-order chi connectivity index (χ0) is 15.1. The third-order valence-electron chi connectivity index (χ3n) is 3.26. The quantitative estimate of drug-likeness (QED) is 0.656. The molecule has 0 bridgehead atoms. The van der Waals surface area contributed by atoms with Crippen molar-refractivity contribution in [1.29, 1.82) is 0 Å². The monoisotopic (exact) mass is 316 g/mol. The third kappa shape index (κ3) is 6.23. The summed E-state index contributed by atoms with van der Waals surface area (Å²) in [5.74, 6) is -0.936. The number of esters is 1. The lowest BCUT2D eigenvalue weighted by Gasteiger charge is -2.20. The normalized spacial score (nSPS) is 11.8. The fourth-order valence-corrected chi connectivity index (χ4v) is 1.90. The Balaban J connectivity index is 0.00000400. The van der Waals surface area contributed by atoms with Gasteiger partial charge in [-0.3, -0.25) is 0 Å². The molecule has 0 saturated carbocycles.